The second kappa shape index (κ2) is 8.72. The van der Waals surface area contributed by atoms with E-state index in [1.54, 1.807) is 6.08 Å². The van der Waals surface area contributed by atoms with Gasteiger partial charge in [0.2, 0.25) is 11.7 Å². The molecule has 0 bridgehead atoms. The van der Waals surface area contributed by atoms with Crippen molar-refractivity contribution in [3.05, 3.63) is 35.3 Å². The Labute approximate surface area is 186 Å². The van der Waals surface area contributed by atoms with Gasteiger partial charge in [-0.3, -0.25) is 14.3 Å². The molecule has 2 aliphatic rings. The summed E-state index contributed by atoms with van der Waals surface area (Å²) in [6.45, 7) is 7.58. The number of carbonyl (C=O) groups is 2. The van der Waals surface area contributed by atoms with Gasteiger partial charge in [0, 0.05) is 29.9 Å². The molecule has 2 aliphatic carbocycles. The Kier molecular flexibility index (Phi) is 5.99. The van der Waals surface area contributed by atoms with Crippen LogP contribution in [0.5, 0.6) is 0 Å². The summed E-state index contributed by atoms with van der Waals surface area (Å²) in [5, 5.41) is 20.2. The summed E-state index contributed by atoms with van der Waals surface area (Å²) in [6.07, 6.45) is 8.91. The fraction of sp³-hybridized carbons (Fsp3) is 0.522. The van der Waals surface area contributed by atoms with E-state index in [1.807, 2.05) is 16.8 Å². The molecule has 2 heterocycles. The summed E-state index contributed by atoms with van der Waals surface area (Å²) in [7, 11) is 0. The fourth-order valence-electron chi connectivity index (χ4n) is 4.27. The first-order valence-electron chi connectivity index (χ1n) is 11.1. The summed E-state index contributed by atoms with van der Waals surface area (Å²) in [6, 6.07) is 0. The molecule has 0 fully saturated rings. The lowest BCUT2D eigenvalue weighted by molar-refractivity contribution is -0.137. The van der Waals surface area contributed by atoms with Crippen LogP contribution in [0.25, 0.3) is 17.2 Å². The maximum absolute atomic E-state index is 12.2. The average molecular weight is 440 g/mol. The number of carboxylic acid groups (broad SMARTS) is 1. The number of amides is 1. The van der Waals surface area contributed by atoms with Gasteiger partial charge in [-0.05, 0) is 38.0 Å². The van der Waals surface area contributed by atoms with Crippen molar-refractivity contribution in [3.63, 3.8) is 0 Å². The van der Waals surface area contributed by atoms with Gasteiger partial charge in [0.15, 0.2) is 5.69 Å². The van der Waals surface area contributed by atoms with Crippen molar-refractivity contribution >= 4 is 17.4 Å². The maximum Gasteiger partial charge on any atom is 0.305 e. The third-order valence-electron chi connectivity index (χ3n) is 6.13. The van der Waals surface area contributed by atoms with Gasteiger partial charge in [0.1, 0.15) is 0 Å². The summed E-state index contributed by atoms with van der Waals surface area (Å²) in [4.78, 5) is 27.4. The minimum atomic E-state index is -0.937. The SMILES string of the molecule is CCn1nc(-c2nc(C3=CCC(C(=O)NCCC(=O)O)C=C3)no2)c2c1CC(C)(C)CC2. The molecular formula is C23H29N5O4. The lowest BCUT2D eigenvalue weighted by atomic mass is 9.76. The minimum absolute atomic E-state index is 0.0934. The highest BCUT2D eigenvalue weighted by Crippen LogP contribution is 2.39. The molecule has 0 radical (unpaired) electrons. The number of allylic oxidation sites excluding steroid dienone is 3. The Morgan fingerprint density at radius 2 is 2.19 bits per heavy atom. The zero-order valence-corrected chi connectivity index (χ0v) is 18.7. The van der Waals surface area contributed by atoms with Gasteiger partial charge in [-0.15, -0.1) is 0 Å². The van der Waals surface area contributed by atoms with E-state index in [0.29, 0.717) is 18.1 Å². The maximum atomic E-state index is 12.2. The quantitative estimate of drug-likeness (QED) is 0.680. The Morgan fingerprint density at radius 3 is 2.88 bits per heavy atom. The number of aliphatic carboxylic acids is 1. The Bertz CT molecular complexity index is 1090. The number of aromatic nitrogens is 4. The molecule has 0 aliphatic heterocycles. The lowest BCUT2D eigenvalue weighted by Crippen LogP contribution is -2.31. The van der Waals surface area contributed by atoms with Crippen LogP contribution in [-0.2, 0) is 29.0 Å². The topological polar surface area (TPSA) is 123 Å². The van der Waals surface area contributed by atoms with Crippen LogP contribution in [0.3, 0.4) is 0 Å². The highest BCUT2D eigenvalue weighted by molar-refractivity contribution is 5.84. The van der Waals surface area contributed by atoms with Crippen molar-refractivity contribution in [2.75, 3.05) is 6.54 Å². The van der Waals surface area contributed by atoms with Crippen LogP contribution >= 0.6 is 0 Å². The summed E-state index contributed by atoms with van der Waals surface area (Å²) in [5.74, 6) is -0.572. The van der Waals surface area contributed by atoms with Crippen molar-refractivity contribution in [1.29, 1.82) is 0 Å². The van der Waals surface area contributed by atoms with E-state index >= 15 is 0 Å². The molecule has 170 valence electrons. The summed E-state index contributed by atoms with van der Waals surface area (Å²) >= 11 is 0. The van der Waals surface area contributed by atoms with E-state index in [9.17, 15) is 9.59 Å². The smallest absolute Gasteiger partial charge is 0.305 e. The number of aryl methyl sites for hydroxylation is 1. The molecular weight excluding hydrogens is 410 g/mol. The van der Waals surface area contributed by atoms with Crippen LogP contribution in [0.15, 0.2) is 22.8 Å². The zero-order chi connectivity index (χ0) is 22.9. The van der Waals surface area contributed by atoms with Crippen LogP contribution < -0.4 is 5.32 Å². The van der Waals surface area contributed by atoms with Crippen molar-refractivity contribution in [1.82, 2.24) is 25.2 Å². The van der Waals surface area contributed by atoms with Gasteiger partial charge in [-0.2, -0.15) is 10.1 Å². The molecule has 4 rings (SSSR count). The summed E-state index contributed by atoms with van der Waals surface area (Å²) < 4.78 is 7.63. The molecule has 0 spiro atoms. The molecule has 2 aromatic heterocycles. The van der Waals surface area contributed by atoms with E-state index in [4.69, 9.17) is 14.7 Å². The molecule has 1 atom stereocenters. The molecule has 32 heavy (non-hydrogen) atoms. The first-order chi connectivity index (χ1) is 15.3. The predicted octanol–water partition coefficient (Wildman–Crippen LogP) is 3.02. The Morgan fingerprint density at radius 1 is 1.38 bits per heavy atom. The number of nitrogens with one attached hydrogen (secondary N) is 1. The molecule has 2 N–H and O–H groups in total. The molecule has 2 aromatic rings. The van der Waals surface area contributed by atoms with Crippen molar-refractivity contribution in [2.24, 2.45) is 11.3 Å². The monoisotopic (exact) mass is 439 g/mol. The van der Waals surface area contributed by atoms with Gasteiger partial charge in [-0.25, -0.2) is 0 Å². The van der Waals surface area contributed by atoms with Gasteiger partial charge in [0.05, 0.1) is 12.3 Å². The third kappa shape index (κ3) is 4.51. The third-order valence-corrected chi connectivity index (χ3v) is 6.13. The molecule has 1 unspecified atom stereocenters. The normalized spacial score (nSPS) is 19.3. The molecule has 9 nitrogen and oxygen atoms in total. The largest absolute Gasteiger partial charge is 0.481 e. The van der Waals surface area contributed by atoms with Gasteiger partial charge in [-0.1, -0.05) is 37.2 Å². The highest BCUT2D eigenvalue weighted by Gasteiger charge is 2.32. The van der Waals surface area contributed by atoms with E-state index in [2.05, 4.69) is 36.2 Å². The molecule has 0 aromatic carbocycles. The van der Waals surface area contributed by atoms with E-state index in [1.165, 1.54) is 11.3 Å². The Hall–Kier alpha value is -3.23. The number of hydrogen-bond donors (Lipinski definition) is 2. The minimum Gasteiger partial charge on any atom is -0.481 e. The van der Waals surface area contributed by atoms with Gasteiger partial charge >= 0.3 is 5.97 Å². The predicted molar refractivity (Wildman–Crippen MR) is 117 cm³/mol. The number of hydrogen-bond acceptors (Lipinski definition) is 6. The van der Waals surface area contributed by atoms with E-state index in [0.717, 1.165) is 37.1 Å². The lowest BCUT2D eigenvalue weighted by Gasteiger charge is -2.30. The van der Waals surface area contributed by atoms with E-state index in [-0.39, 0.29) is 30.2 Å². The van der Waals surface area contributed by atoms with Crippen LogP contribution in [0, 0.1) is 11.3 Å². The van der Waals surface area contributed by atoms with Crippen LogP contribution in [0.4, 0.5) is 0 Å². The number of carboxylic acids is 1. The van der Waals surface area contributed by atoms with Crippen molar-refractivity contribution in [3.8, 4) is 11.6 Å². The molecule has 9 heteroatoms. The first kappa shape index (κ1) is 22.0. The molecule has 0 saturated heterocycles. The fourth-order valence-corrected chi connectivity index (χ4v) is 4.27. The van der Waals surface area contributed by atoms with Crippen molar-refractivity contribution in [2.45, 2.75) is 59.4 Å². The number of rotatable bonds is 7. The van der Waals surface area contributed by atoms with Gasteiger partial charge in [0.25, 0.3) is 5.89 Å². The zero-order valence-electron chi connectivity index (χ0n) is 18.7. The van der Waals surface area contributed by atoms with Crippen LogP contribution in [0.1, 0.15) is 57.1 Å². The second-order valence-corrected chi connectivity index (χ2v) is 9.15. The molecule has 0 saturated carbocycles. The van der Waals surface area contributed by atoms with E-state index < -0.39 is 5.97 Å². The van der Waals surface area contributed by atoms with Crippen LogP contribution in [-0.4, -0.2) is 43.4 Å². The highest BCUT2D eigenvalue weighted by atomic mass is 16.5. The number of nitrogens with zero attached hydrogens (tertiary/aromatic N) is 4. The summed E-state index contributed by atoms with van der Waals surface area (Å²) in [5.41, 5.74) is 4.28. The second-order valence-electron chi connectivity index (χ2n) is 9.15. The van der Waals surface area contributed by atoms with Gasteiger partial charge < -0.3 is 14.9 Å². The van der Waals surface area contributed by atoms with Crippen LogP contribution in [0.2, 0.25) is 0 Å². The Balaban J connectivity index is 1.47. The number of fused-ring (bicyclic) bond motifs is 1. The standard InChI is InChI=1S/C23H29N5O4/c1-4-28-17-13-23(2,3)11-9-16(17)19(26-28)22-25-20(27-32-22)14-5-7-15(8-6-14)21(31)24-12-10-18(29)30/h5-7,15H,4,8-13H2,1-3H3,(H,24,31)(H,29,30). The first-order valence-corrected chi connectivity index (χ1v) is 11.1. The average Bonchev–Trinajstić information content (AvgIpc) is 3.37. The molecule has 1 amide bonds. The van der Waals surface area contributed by atoms with Crippen molar-refractivity contribution < 1.29 is 19.2 Å². The number of carbonyl (C=O) groups excluding carboxylic acids is 1.